The van der Waals surface area contributed by atoms with E-state index in [9.17, 15) is 0 Å². The van der Waals surface area contributed by atoms with Crippen LogP contribution in [0.1, 0.15) is 22.3 Å². The second-order valence-corrected chi connectivity index (χ2v) is 5.11. The Bertz CT molecular complexity index is 561. The van der Waals surface area contributed by atoms with Crippen molar-refractivity contribution in [2.75, 3.05) is 11.9 Å². The molecule has 0 aromatic heterocycles. The summed E-state index contributed by atoms with van der Waals surface area (Å²) in [6.07, 6.45) is 0. The van der Waals surface area contributed by atoms with Gasteiger partial charge in [-0.15, -0.1) is 0 Å². The molecule has 2 rings (SSSR count). The molecule has 0 aliphatic heterocycles. The largest absolute Gasteiger partial charge is 0.370 e. The van der Waals surface area contributed by atoms with Crippen molar-refractivity contribution in [1.29, 1.82) is 0 Å². The van der Waals surface area contributed by atoms with Crippen molar-refractivity contribution in [1.82, 2.24) is 0 Å². The van der Waals surface area contributed by atoms with Crippen LogP contribution in [0.4, 0.5) is 5.69 Å². The smallest absolute Gasteiger partial charge is 0.0428 e. The summed E-state index contributed by atoms with van der Waals surface area (Å²) in [6.45, 7) is 5.83. The van der Waals surface area contributed by atoms with Crippen LogP contribution in [0.25, 0.3) is 0 Å². The summed E-state index contributed by atoms with van der Waals surface area (Å²) in [7, 11) is 2.14. The second kappa shape index (κ2) is 5.89. The topological polar surface area (TPSA) is 29.3 Å². The third-order valence-corrected chi connectivity index (χ3v) is 3.58. The van der Waals surface area contributed by atoms with Crippen LogP contribution in [-0.2, 0) is 13.1 Å². The van der Waals surface area contributed by atoms with Crippen LogP contribution in [0.2, 0.25) is 0 Å². The van der Waals surface area contributed by atoms with Gasteiger partial charge >= 0.3 is 0 Å². The van der Waals surface area contributed by atoms with E-state index in [1.165, 1.54) is 27.9 Å². The van der Waals surface area contributed by atoms with Gasteiger partial charge in [0.2, 0.25) is 0 Å². The van der Waals surface area contributed by atoms with E-state index in [-0.39, 0.29) is 0 Å². The van der Waals surface area contributed by atoms with Crippen LogP contribution in [0.15, 0.2) is 42.5 Å². The number of anilines is 1. The van der Waals surface area contributed by atoms with E-state index in [0.29, 0.717) is 6.54 Å². The van der Waals surface area contributed by atoms with E-state index in [1.54, 1.807) is 0 Å². The molecule has 2 aromatic rings. The Hall–Kier alpha value is -1.80. The molecule has 0 heterocycles. The first kappa shape index (κ1) is 13.6. The fourth-order valence-corrected chi connectivity index (χ4v) is 2.40. The van der Waals surface area contributed by atoms with Gasteiger partial charge in [0.05, 0.1) is 0 Å². The molecule has 0 saturated heterocycles. The first-order valence-electron chi connectivity index (χ1n) is 6.67. The third kappa shape index (κ3) is 3.15. The Morgan fingerprint density at radius 1 is 1.00 bits per heavy atom. The van der Waals surface area contributed by atoms with Crippen LogP contribution >= 0.6 is 0 Å². The summed E-state index contributed by atoms with van der Waals surface area (Å²) in [5.41, 5.74) is 12.1. The van der Waals surface area contributed by atoms with Crippen molar-refractivity contribution in [3.05, 3.63) is 64.7 Å². The minimum Gasteiger partial charge on any atom is -0.370 e. The first-order chi connectivity index (χ1) is 9.11. The van der Waals surface area contributed by atoms with Gasteiger partial charge in [0, 0.05) is 25.8 Å². The van der Waals surface area contributed by atoms with Crippen LogP contribution in [0, 0.1) is 13.8 Å². The number of benzene rings is 2. The van der Waals surface area contributed by atoms with Crippen molar-refractivity contribution in [3.63, 3.8) is 0 Å². The molecule has 0 atom stereocenters. The summed E-state index contributed by atoms with van der Waals surface area (Å²) in [4.78, 5) is 2.29. The Kier molecular flexibility index (Phi) is 4.23. The highest BCUT2D eigenvalue weighted by molar-refractivity contribution is 5.54. The molecule has 2 N–H and O–H groups in total. The number of rotatable bonds is 4. The fourth-order valence-electron chi connectivity index (χ4n) is 2.40. The van der Waals surface area contributed by atoms with Gasteiger partial charge < -0.3 is 10.6 Å². The van der Waals surface area contributed by atoms with Crippen molar-refractivity contribution in [3.8, 4) is 0 Å². The van der Waals surface area contributed by atoms with Crippen molar-refractivity contribution >= 4 is 5.69 Å². The van der Waals surface area contributed by atoms with E-state index >= 15 is 0 Å². The molecule has 2 nitrogen and oxygen atoms in total. The highest BCUT2D eigenvalue weighted by Crippen LogP contribution is 2.22. The zero-order chi connectivity index (χ0) is 13.8. The normalized spacial score (nSPS) is 10.5. The SMILES string of the molecule is Cc1ccccc1CN(C)c1ccc(CN)cc1C. The monoisotopic (exact) mass is 254 g/mol. The van der Waals surface area contributed by atoms with Crippen molar-refractivity contribution in [2.24, 2.45) is 5.73 Å². The highest BCUT2D eigenvalue weighted by Gasteiger charge is 2.07. The van der Waals surface area contributed by atoms with E-state index < -0.39 is 0 Å². The van der Waals surface area contributed by atoms with E-state index in [1.807, 2.05) is 0 Å². The Labute approximate surface area is 115 Å². The van der Waals surface area contributed by atoms with Gasteiger partial charge in [0.25, 0.3) is 0 Å². The number of hydrogen-bond acceptors (Lipinski definition) is 2. The summed E-state index contributed by atoms with van der Waals surface area (Å²) >= 11 is 0. The molecule has 0 amide bonds. The maximum absolute atomic E-state index is 5.67. The zero-order valence-corrected chi connectivity index (χ0v) is 12.0. The molecule has 0 unspecified atom stereocenters. The predicted octanol–water partition coefficient (Wildman–Crippen LogP) is 3.40. The quantitative estimate of drug-likeness (QED) is 0.906. The lowest BCUT2D eigenvalue weighted by Crippen LogP contribution is -2.18. The van der Waals surface area contributed by atoms with Gasteiger partial charge in [-0.1, -0.05) is 36.4 Å². The van der Waals surface area contributed by atoms with Gasteiger partial charge in [0.15, 0.2) is 0 Å². The van der Waals surface area contributed by atoms with Gasteiger partial charge in [-0.2, -0.15) is 0 Å². The van der Waals surface area contributed by atoms with Gasteiger partial charge in [-0.25, -0.2) is 0 Å². The van der Waals surface area contributed by atoms with E-state index in [4.69, 9.17) is 5.73 Å². The lowest BCUT2D eigenvalue weighted by atomic mass is 10.1. The maximum Gasteiger partial charge on any atom is 0.0428 e. The predicted molar refractivity (Wildman–Crippen MR) is 82.4 cm³/mol. The van der Waals surface area contributed by atoms with Crippen LogP contribution in [0.3, 0.4) is 0 Å². The Balaban J connectivity index is 2.21. The standard InChI is InChI=1S/C17H22N2/c1-13-6-4-5-7-16(13)12-19(3)17-9-8-15(11-18)10-14(17)2/h4-10H,11-12,18H2,1-3H3. The lowest BCUT2D eigenvalue weighted by molar-refractivity contribution is 0.907. The molecule has 0 radical (unpaired) electrons. The van der Waals surface area contributed by atoms with Crippen molar-refractivity contribution < 1.29 is 0 Å². The molecule has 2 heteroatoms. The second-order valence-electron chi connectivity index (χ2n) is 5.11. The Morgan fingerprint density at radius 3 is 2.37 bits per heavy atom. The van der Waals surface area contributed by atoms with Gasteiger partial charge in [-0.05, 0) is 42.2 Å². The van der Waals surface area contributed by atoms with Gasteiger partial charge in [0.1, 0.15) is 0 Å². The highest BCUT2D eigenvalue weighted by atomic mass is 15.1. The maximum atomic E-state index is 5.67. The number of aryl methyl sites for hydroxylation is 2. The summed E-state index contributed by atoms with van der Waals surface area (Å²) in [5, 5.41) is 0. The summed E-state index contributed by atoms with van der Waals surface area (Å²) < 4.78 is 0. The number of hydrogen-bond donors (Lipinski definition) is 1. The van der Waals surface area contributed by atoms with Crippen LogP contribution in [0.5, 0.6) is 0 Å². The average Bonchev–Trinajstić information content (AvgIpc) is 2.41. The third-order valence-electron chi connectivity index (χ3n) is 3.58. The van der Waals surface area contributed by atoms with Crippen LogP contribution < -0.4 is 10.6 Å². The minimum atomic E-state index is 0.600. The van der Waals surface area contributed by atoms with Crippen molar-refractivity contribution in [2.45, 2.75) is 26.9 Å². The molecule has 0 saturated carbocycles. The molecule has 0 spiro atoms. The number of nitrogens with two attached hydrogens (primary N) is 1. The molecule has 0 fully saturated rings. The lowest BCUT2D eigenvalue weighted by Gasteiger charge is -2.23. The van der Waals surface area contributed by atoms with E-state index in [0.717, 1.165) is 6.54 Å². The molecule has 0 aliphatic carbocycles. The minimum absolute atomic E-state index is 0.600. The van der Waals surface area contributed by atoms with Crippen LogP contribution in [-0.4, -0.2) is 7.05 Å². The first-order valence-corrected chi connectivity index (χ1v) is 6.67. The molecular weight excluding hydrogens is 232 g/mol. The summed E-state index contributed by atoms with van der Waals surface area (Å²) in [6, 6.07) is 15.0. The molecule has 0 bridgehead atoms. The molecule has 0 aliphatic rings. The molecule has 19 heavy (non-hydrogen) atoms. The zero-order valence-electron chi connectivity index (χ0n) is 12.0. The van der Waals surface area contributed by atoms with Gasteiger partial charge in [-0.3, -0.25) is 0 Å². The Morgan fingerprint density at radius 2 is 1.74 bits per heavy atom. The number of nitrogens with zero attached hydrogens (tertiary/aromatic N) is 1. The molecule has 2 aromatic carbocycles. The fraction of sp³-hybridized carbons (Fsp3) is 0.294. The molecule has 100 valence electrons. The average molecular weight is 254 g/mol. The van der Waals surface area contributed by atoms with E-state index in [2.05, 4.69) is 68.3 Å². The summed E-state index contributed by atoms with van der Waals surface area (Å²) in [5.74, 6) is 0. The molecular formula is C17H22N2.